The molecule has 100 valence electrons. The van der Waals surface area contributed by atoms with Crippen LogP contribution in [0.3, 0.4) is 0 Å². The van der Waals surface area contributed by atoms with Gasteiger partial charge in [0.15, 0.2) is 0 Å². The van der Waals surface area contributed by atoms with Gasteiger partial charge in [0.1, 0.15) is 0 Å². The molecule has 0 aromatic heterocycles. The summed E-state index contributed by atoms with van der Waals surface area (Å²) < 4.78 is 0. The Kier molecular flexibility index (Phi) is 6.52. The topological polar surface area (TPSA) is 43.8 Å². The summed E-state index contributed by atoms with van der Waals surface area (Å²) in [6.07, 6.45) is 5.91. The van der Waals surface area contributed by atoms with Crippen LogP contribution in [0.1, 0.15) is 38.5 Å². The van der Waals surface area contributed by atoms with E-state index in [-0.39, 0.29) is 0 Å². The summed E-state index contributed by atoms with van der Waals surface area (Å²) in [5.41, 5.74) is 0. The lowest BCUT2D eigenvalue weighted by atomic mass is 10.1. The fourth-order valence-corrected chi connectivity index (χ4v) is 2.50. The molecule has 0 aromatic rings. The number of unbranched alkanes of at least 4 members (excludes halogenated alkanes) is 2. The van der Waals surface area contributed by atoms with Gasteiger partial charge in [0.25, 0.3) is 0 Å². The summed E-state index contributed by atoms with van der Waals surface area (Å²) in [7, 11) is 4.38. The fraction of sp³-hybridized carbons (Fsp3) is 0.923. The first-order valence-electron chi connectivity index (χ1n) is 6.70. The minimum Gasteiger partial charge on any atom is -0.481 e. The van der Waals surface area contributed by atoms with Gasteiger partial charge in [-0.05, 0) is 52.9 Å². The molecule has 1 heterocycles. The highest BCUT2D eigenvalue weighted by molar-refractivity contribution is 5.66. The van der Waals surface area contributed by atoms with Crippen molar-refractivity contribution >= 4 is 5.97 Å². The van der Waals surface area contributed by atoms with E-state index in [2.05, 4.69) is 23.9 Å². The van der Waals surface area contributed by atoms with Crippen LogP contribution >= 0.6 is 0 Å². The zero-order valence-corrected chi connectivity index (χ0v) is 11.2. The van der Waals surface area contributed by atoms with Crippen LogP contribution < -0.4 is 0 Å². The highest BCUT2D eigenvalue weighted by Gasteiger charge is 2.21. The number of likely N-dealkylation sites (tertiary alicyclic amines) is 1. The van der Waals surface area contributed by atoms with Gasteiger partial charge in [0.05, 0.1) is 0 Å². The van der Waals surface area contributed by atoms with E-state index < -0.39 is 5.97 Å². The smallest absolute Gasteiger partial charge is 0.303 e. The van der Waals surface area contributed by atoms with Crippen LogP contribution in [0.2, 0.25) is 0 Å². The van der Waals surface area contributed by atoms with Crippen molar-refractivity contribution in [3.8, 4) is 0 Å². The molecule has 1 aliphatic heterocycles. The van der Waals surface area contributed by atoms with Gasteiger partial charge in [-0.1, -0.05) is 6.42 Å². The lowest BCUT2D eigenvalue weighted by Gasteiger charge is -2.25. The Labute approximate surface area is 105 Å². The Morgan fingerprint density at radius 1 is 1.41 bits per heavy atom. The number of aliphatic carboxylic acids is 1. The van der Waals surface area contributed by atoms with Crippen LogP contribution in [-0.4, -0.2) is 60.6 Å². The van der Waals surface area contributed by atoms with Crippen LogP contribution in [0.5, 0.6) is 0 Å². The monoisotopic (exact) mass is 242 g/mol. The van der Waals surface area contributed by atoms with E-state index in [0.717, 1.165) is 38.4 Å². The van der Waals surface area contributed by atoms with Crippen molar-refractivity contribution < 1.29 is 9.90 Å². The number of hydrogen-bond donors (Lipinski definition) is 1. The van der Waals surface area contributed by atoms with Crippen molar-refractivity contribution in [1.29, 1.82) is 0 Å². The Bertz CT molecular complexity index is 233. The molecule has 0 amide bonds. The maximum absolute atomic E-state index is 10.3. The van der Waals surface area contributed by atoms with E-state index in [0.29, 0.717) is 6.42 Å². The van der Waals surface area contributed by atoms with Crippen molar-refractivity contribution in [3.05, 3.63) is 0 Å². The van der Waals surface area contributed by atoms with Crippen molar-refractivity contribution in [2.45, 2.75) is 44.6 Å². The molecule has 17 heavy (non-hydrogen) atoms. The van der Waals surface area contributed by atoms with Crippen molar-refractivity contribution in [3.63, 3.8) is 0 Å². The number of carbonyl (C=O) groups is 1. The average molecular weight is 242 g/mol. The minimum absolute atomic E-state index is 0.315. The van der Waals surface area contributed by atoms with Crippen molar-refractivity contribution in [2.24, 2.45) is 0 Å². The van der Waals surface area contributed by atoms with Crippen molar-refractivity contribution in [2.75, 3.05) is 33.7 Å². The molecule has 0 aromatic carbocycles. The van der Waals surface area contributed by atoms with Crippen LogP contribution in [0.15, 0.2) is 0 Å². The highest BCUT2D eigenvalue weighted by atomic mass is 16.4. The number of hydrogen-bond acceptors (Lipinski definition) is 3. The molecule has 0 aliphatic carbocycles. The number of carboxylic acids is 1. The Hall–Kier alpha value is -0.610. The predicted molar refractivity (Wildman–Crippen MR) is 69.3 cm³/mol. The molecular weight excluding hydrogens is 216 g/mol. The molecule has 1 aliphatic rings. The first kappa shape index (κ1) is 14.5. The number of nitrogens with zero attached hydrogens (tertiary/aromatic N) is 2. The maximum atomic E-state index is 10.3. The second-order valence-corrected chi connectivity index (χ2v) is 5.24. The molecule has 1 atom stereocenters. The van der Waals surface area contributed by atoms with Gasteiger partial charge in [-0.3, -0.25) is 4.79 Å². The van der Waals surface area contributed by atoms with E-state index in [1.165, 1.54) is 19.4 Å². The third-order valence-electron chi connectivity index (χ3n) is 3.62. The fourth-order valence-electron chi connectivity index (χ4n) is 2.50. The molecule has 1 N–H and O–H groups in total. The summed E-state index contributed by atoms with van der Waals surface area (Å²) in [5, 5.41) is 8.52. The van der Waals surface area contributed by atoms with Gasteiger partial charge in [0, 0.05) is 19.0 Å². The number of rotatable bonds is 8. The van der Waals surface area contributed by atoms with E-state index in [4.69, 9.17) is 5.11 Å². The van der Waals surface area contributed by atoms with Crippen LogP contribution in [0.25, 0.3) is 0 Å². The third kappa shape index (κ3) is 6.03. The van der Waals surface area contributed by atoms with Gasteiger partial charge in [0.2, 0.25) is 0 Å². The summed E-state index contributed by atoms with van der Waals surface area (Å²) in [6, 6.07) is 0.721. The van der Waals surface area contributed by atoms with Crippen molar-refractivity contribution in [1.82, 2.24) is 9.80 Å². The van der Waals surface area contributed by atoms with Crippen LogP contribution in [-0.2, 0) is 4.79 Å². The first-order chi connectivity index (χ1) is 8.09. The second kappa shape index (κ2) is 7.67. The lowest BCUT2D eigenvalue weighted by molar-refractivity contribution is -0.137. The largest absolute Gasteiger partial charge is 0.481 e. The second-order valence-electron chi connectivity index (χ2n) is 5.24. The summed E-state index contributed by atoms with van der Waals surface area (Å²) >= 11 is 0. The molecule has 0 bridgehead atoms. The summed E-state index contributed by atoms with van der Waals surface area (Å²) in [6.45, 7) is 3.47. The van der Waals surface area contributed by atoms with Crippen LogP contribution in [0.4, 0.5) is 0 Å². The highest BCUT2D eigenvalue weighted by Crippen LogP contribution is 2.15. The molecule has 1 saturated heterocycles. The molecule has 1 fully saturated rings. The van der Waals surface area contributed by atoms with Gasteiger partial charge < -0.3 is 14.9 Å². The van der Waals surface area contributed by atoms with E-state index in [9.17, 15) is 4.79 Å². The van der Waals surface area contributed by atoms with E-state index >= 15 is 0 Å². The standard InChI is InChI=1S/C13H26N2O2/c1-14(9-5-3-4-8-13(16)17)11-12-7-6-10-15(12)2/h12H,3-11H2,1-2H3,(H,16,17). The molecule has 0 spiro atoms. The molecule has 1 rings (SSSR count). The zero-order valence-electron chi connectivity index (χ0n) is 11.2. The molecular formula is C13H26N2O2. The molecule has 4 heteroatoms. The number of carboxylic acid groups (broad SMARTS) is 1. The SMILES string of the molecule is CN(CCCCCC(=O)O)CC1CCCN1C. The number of likely N-dealkylation sites (N-methyl/N-ethyl adjacent to an activating group) is 2. The van der Waals surface area contributed by atoms with Gasteiger partial charge >= 0.3 is 5.97 Å². The molecule has 4 nitrogen and oxygen atoms in total. The lowest BCUT2D eigenvalue weighted by Crippen LogP contribution is -2.37. The third-order valence-corrected chi connectivity index (χ3v) is 3.62. The molecule has 0 saturated carbocycles. The average Bonchev–Trinajstić information content (AvgIpc) is 2.63. The zero-order chi connectivity index (χ0) is 12.7. The maximum Gasteiger partial charge on any atom is 0.303 e. The Balaban J connectivity index is 2.01. The van der Waals surface area contributed by atoms with Gasteiger partial charge in [-0.2, -0.15) is 0 Å². The van der Waals surface area contributed by atoms with Crippen LogP contribution in [0, 0.1) is 0 Å². The Morgan fingerprint density at radius 2 is 2.18 bits per heavy atom. The van der Waals surface area contributed by atoms with E-state index in [1.807, 2.05) is 0 Å². The van der Waals surface area contributed by atoms with Gasteiger partial charge in [-0.25, -0.2) is 0 Å². The Morgan fingerprint density at radius 3 is 2.76 bits per heavy atom. The van der Waals surface area contributed by atoms with E-state index in [1.54, 1.807) is 0 Å². The molecule has 0 radical (unpaired) electrons. The predicted octanol–water partition coefficient (Wildman–Crippen LogP) is 1.66. The summed E-state index contributed by atoms with van der Waals surface area (Å²) in [4.78, 5) is 15.2. The normalized spacial score (nSPS) is 21.2. The quantitative estimate of drug-likeness (QED) is 0.657. The molecule has 1 unspecified atom stereocenters. The first-order valence-corrected chi connectivity index (χ1v) is 6.70. The minimum atomic E-state index is -0.675. The van der Waals surface area contributed by atoms with Gasteiger partial charge in [-0.15, -0.1) is 0 Å². The summed E-state index contributed by atoms with van der Waals surface area (Å²) in [5.74, 6) is -0.675.